The molecule has 0 bridgehead atoms. The van der Waals surface area contributed by atoms with Crippen molar-refractivity contribution in [2.24, 2.45) is 16.9 Å². The van der Waals surface area contributed by atoms with Gasteiger partial charge in [-0.25, -0.2) is 14.4 Å². The fourth-order valence-electron chi connectivity index (χ4n) is 1.95. The normalized spacial score (nSPS) is 13.5. The van der Waals surface area contributed by atoms with Gasteiger partial charge in [-0.3, -0.25) is 4.79 Å². The molecule has 0 unspecified atom stereocenters. The molecule has 9 nitrogen and oxygen atoms in total. The van der Waals surface area contributed by atoms with E-state index in [-0.39, 0.29) is 11.2 Å². The van der Waals surface area contributed by atoms with Gasteiger partial charge in [0, 0.05) is 12.5 Å². The molecule has 0 saturated heterocycles. The van der Waals surface area contributed by atoms with Crippen molar-refractivity contribution in [2.45, 2.75) is 47.5 Å². The van der Waals surface area contributed by atoms with Crippen molar-refractivity contribution in [1.29, 1.82) is 0 Å². The summed E-state index contributed by atoms with van der Waals surface area (Å²) in [6, 6.07) is 0. The zero-order valence-electron chi connectivity index (χ0n) is 16.7. The van der Waals surface area contributed by atoms with Crippen LogP contribution in [0.15, 0.2) is 24.3 Å². The lowest BCUT2D eigenvalue weighted by atomic mass is 9.77. The van der Waals surface area contributed by atoms with Crippen LogP contribution in [-0.2, 0) is 19.1 Å². The molecule has 0 aromatic carbocycles. The third-order valence-corrected chi connectivity index (χ3v) is 2.57. The first-order valence-electron chi connectivity index (χ1n) is 8.21. The van der Waals surface area contributed by atoms with Gasteiger partial charge in [0.25, 0.3) is 0 Å². The van der Waals surface area contributed by atoms with E-state index in [2.05, 4.69) is 41.4 Å². The summed E-state index contributed by atoms with van der Waals surface area (Å²) in [6.07, 6.45) is 2.96. The Hall–Kier alpha value is -2.84. The average Bonchev–Trinajstić information content (AvgIpc) is 2.46. The molecule has 27 heavy (non-hydrogen) atoms. The second kappa shape index (κ2) is 16.6. The van der Waals surface area contributed by atoms with Gasteiger partial charge in [0.15, 0.2) is 5.78 Å². The van der Waals surface area contributed by atoms with Gasteiger partial charge >= 0.3 is 18.2 Å². The van der Waals surface area contributed by atoms with Crippen molar-refractivity contribution in [3.63, 3.8) is 0 Å². The molecule has 0 atom stereocenters. The number of nitrogens with two attached hydrogens (primary N) is 2. The number of ketones is 1. The van der Waals surface area contributed by atoms with Gasteiger partial charge < -0.3 is 26.0 Å². The fourth-order valence-corrected chi connectivity index (χ4v) is 1.95. The molecule has 0 fully saturated rings. The van der Waals surface area contributed by atoms with E-state index in [9.17, 15) is 19.2 Å². The third-order valence-electron chi connectivity index (χ3n) is 2.57. The summed E-state index contributed by atoms with van der Waals surface area (Å²) in [7, 11) is 0. The van der Waals surface area contributed by atoms with Gasteiger partial charge in [-0.05, 0) is 38.7 Å². The molecule has 0 radical (unpaired) electrons. The van der Waals surface area contributed by atoms with Gasteiger partial charge in [-0.1, -0.05) is 26.0 Å². The Bertz CT molecular complexity index is 510. The van der Waals surface area contributed by atoms with Crippen molar-refractivity contribution in [2.75, 3.05) is 13.2 Å². The quantitative estimate of drug-likeness (QED) is 0.627. The zero-order valence-corrected chi connectivity index (χ0v) is 16.7. The molecule has 0 aliphatic heterocycles. The van der Waals surface area contributed by atoms with E-state index in [0.29, 0.717) is 19.6 Å². The van der Waals surface area contributed by atoms with Gasteiger partial charge in [0.05, 0.1) is 13.2 Å². The maximum absolute atomic E-state index is 11.0. The van der Waals surface area contributed by atoms with Gasteiger partial charge in [0.1, 0.15) is 0 Å². The first-order valence-corrected chi connectivity index (χ1v) is 8.21. The van der Waals surface area contributed by atoms with Crippen LogP contribution in [0.4, 0.5) is 9.59 Å². The molecule has 5 N–H and O–H groups in total. The van der Waals surface area contributed by atoms with E-state index in [0.717, 1.165) is 12.5 Å². The molecule has 1 rings (SSSR count). The number of ether oxygens (including phenoxy) is 2. The Morgan fingerprint density at radius 1 is 1.15 bits per heavy atom. The number of hydrogen-bond acceptors (Lipinski definition) is 6. The minimum atomic E-state index is -0.981. The molecule has 0 spiro atoms. The minimum Gasteiger partial charge on any atom is -0.478 e. The van der Waals surface area contributed by atoms with Crippen LogP contribution >= 0.6 is 0 Å². The number of carboxylic acid groups (broad SMARTS) is 1. The molecule has 1 aliphatic carbocycles. The molecule has 1 aliphatic rings. The summed E-state index contributed by atoms with van der Waals surface area (Å²) in [5.41, 5.74) is 10.5. The van der Waals surface area contributed by atoms with Crippen LogP contribution in [0.3, 0.4) is 0 Å². The molecule has 0 heterocycles. The maximum atomic E-state index is 11.0. The largest absolute Gasteiger partial charge is 0.478 e. The SMILES string of the molecule is C=CC(=O)O.CC1=CC(=O)CC(C)(C)C1.CCOC(N)=O.CCOC(N)=O. The Labute approximate surface area is 160 Å². The number of aliphatic carboxylic acids is 1. The first kappa shape index (κ1) is 28.9. The standard InChI is InChI=1S/C9H14O.2C3H7NO2.C3H4O2/c1-7-4-8(10)6-9(2,3)5-7;2*1-2-6-3(4)5;1-2-3(4)5/h4H,5-6H2,1-3H3;2*2H2,1H3,(H2,4,5);2H,1H2,(H,4,5). The summed E-state index contributed by atoms with van der Waals surface area (Å²) < 4.78 is 8.36. The average molecular weight is 388 g/mol. The number of carbonyl (C=O) groups is 4. The van der Waals surface area contributed by atoms with E-state index in [1.807, 2.05) is 6.92 Å². The predicted molar refractivity (Wildman–Crippen MR) is 102 cm³/mol. The predicted octanol–water partition coefficient (Wildman–Crippen LogP) is 2.78. The second-order valence-electron chi connectivity index (χ2n) is 6.02. The lowest BCUT2D eigenvalue weighted by Gasteiger charge is -2.27. The highest BCUT2D eigenvalue weighted by Gasteiger charge is 2.25. The second-order valence-corrected chi connectivity index (χ2v) is 6.02. The molecule has 9 heteroatoms. The van der Waals surface area contributed by atoms with Gasteiger partial charge in [-0.2, -0.15) is 0 Å². The highest BCUT2D eigenvalue weighted by molar-refractivity contribution is 5.91. The Morgan fingerprint density at radius 3 is 1.67 bits per heavy atom. The summed E-state index contributed by atoms with van der Waals surface area (Å²) in [6.45, 7) is 13.4. The van der Waals surface area contributed by atoms with Crippen LogP contribution in [0.2, 0.25) is 0 Å². The smallest absolute Gasteiger partial charge is 0.404 e. The Kier molecular flexibility index (Phi) is 17.8. The van der Waals surface area contributed by atoms with E-state index in [1.54, 1.807) is 19.9 Å². The number of allylic oxidation sites excluding steroid dienone is 2. The lowest BCUT2D eigenvalue weighted by Crippen LogP contribution is -2.20. The molecule has 0 aromatic rings. The third kappa shape index (κ3) is 28.2. The van der Waals surface area contributed by atoms with Crippen molar-refractivity contribution >= 4 is 23.9 Å². The van der Waals surface area contributed by atoms with Crippen molar-refractivity contribution < 1.29 is 33.8 Å². The van der Waals surface area contributed by atoms with Crippen LogP contribution in [0.25, 0.3) is 0 Å². The maximum Gasteiger partial charge on any atom is 0.404 e. The number of primary amides is 2. The number of rotatable bonds is 3. The van der Waals surface area contributed by atoms with E-state index >= 15 is 0 Å². The molecule has 156 valence electrons. The van der Waals surface area contributed by atoms with Crippen LogP contribution in [0.5, 0.6) is 0 Å². The van der Waals surface area contributed by atoms with Crippen LogP contribution < -0.4 is 11.5 Å². The molecule has 0 saturated carbocycles. The lowest BCUT2D eigenvalue weighted by molar-refractivity contribution is -0.131. The number of hydrogen-bond donors (Lipinski definition) is 3. The number of carboxylic acids is 1. The molecule has 2 amide bonds. The topological polar surface area (TPSA) is 159 Å². The number of amides is 2. The summed E-state index contributed by atoms with van der Waals surface area (Å²) in [4.78, 5) is 39.5. The Balaban J connectivity index is -0.000000299. The summed E-state index contributed by atoms with van der Waals surface area (Å²) >= 11 is 0. The zero-order chi connectivity index (χ0) is 22.0. The molecule has 0 aromatic heterocycles. The van der Waals surface area contributed by atoms with Crippen LogP contribution in [0.1, 0.15) is 47.5 Å². The monoisotopic (exact) mass is 388 g/mol. The van der Waals surface area contributed by atoms with E-state index in [1.165, 1.54) is 5.57 Å². The van der Waals surface area contributed by atoms with E-state index in [4.69, 9.17) is 5.11 Å². The minimum absolute atomic E-state index is 0.204. The summed E-state index contributed by atoms with van der Waals surface area (Å²) in [5, 5.41) is 7.60. The van der Waals surface area contributed by atoms with Gasteiger partial charge in [0.2, 0.25) is 0 Å². The highest BCUT2D eigenvalue weighted by atomic mass is 16.5. The Morgan fingerprint density at radius 2 is 1.52 bits per heavy atom. The van der Waals surface area contributed by atoms with Crippen molar-refractivity contribution in [3.05, 3.63) is 24.3 Å². The van der Waals surface area contributed by atoms with Crippen LogP contribution in [-0.4, -0.2) is 42.3 Å². The van der Waals surface area contributed by atoms with Crippen LogP contribution in [0, 0.1) is 5.41 Å². The fraction of sp³-hybridized carbons (Fsp3) is 0.556. The van der Waals surface area contributed by atoms with Gasteiger partial charge in [-0.15, -0.1) is 0 Å². The summed E-state index contributed by atoms with van der Waals surface area (Å²) in [5.74, 6) is -0.696. The molecular formula is C18H32N2O7. The highest BCUT2D eigenvalue weighted by Crippen LogP contribution is 2.32. The molecular weight excluding hydrogens is 356 g/mol. The van der Waals surface area contributed by atoms with E-state index < -0.39 is 18.2 Å². The number of carbonyl (C=O) groups excluding carboxylic acids is 3. The van der Waals surface area contributed by atoms with Crippen molar-refractivity contribution in [3.8, 4) is 0 Å². The van der Waals surface area contributed by atoms with Crippen molar-refractivity contribution in [1.82, 2.24) is 0 Å². The first-order chi connectivity index (χ1) is 12.3.